The summed E-state index contributed by atoms with van der Waals surface area (Å²) in [7, 11) is 0. The van der Waals surface area contributed by atoms with Crippen LogP contribution in [0.4, 0.5) is 0 Å². The smallest absolute Gasteiger partial charge is 0.122 e. The topological polar surface area (TPSA) is 21.7 Å². The van der Waals surface area contributed by atoms with Gasteiger partial charge in [0.15, 0.2) is 0 Å². The molecule has 0 aromatic heterocycles. The van der Waals surface area contributed by atoms with Crippen molar-refractivity contribution in [2.24, 2.45) is 0 Å². The fraction of sp³-hybridized carbons (Fsp3) is 0.600. The molecule has 4 rings (SSSR count). The average molecular weight is 245 g/mol. The molecule has 3 heterocycles. The van der Waals surface area contributed by atoms with Crippen molar-refractivity contribution in [1.82, 2.24) is 4.90 Å². The molecule has 0 bridgehead atoms. The van der Waals surface area contributed by atoms with Crippen LogP contribution in [-0.2, 0) is 11.2 Å². The van der Waals surface area contributed by atoms with E-state index >= 15 is 0 Å². The highest BCUT2D eigenvalue weighted by atomic mass is 16.5. The number of para-hydroxylation sites is 1. The summed E-state index contributed by atoms with van der Waals surface area (Å²) in [6, 6.07) is 9.61. The summed E-state index contributed by atoms with van der Waals surface area (Å²) in [6.07, 6.45) is 4.01. The van der Waals surface area contributed by atoms with Gasteiger partial charge in [-0.1, -0.05) is 18.2 Å². The van der Waals surface area contributed by atoms with E-state index in [0.717, 1.165) is 25.4 Å². The quantitative estimate of drug-likeness (QED) is 0.753. The van der Waals surface area contributed by atoms with Crippen LogP contribution in [0.5, 0.6) is 5.75 Å². The Morgan fingerprint density at radius 3 is 3.11 bits per heavy atom. The van der Waals surface area contributed by atoms with Gasteiger partial charge < -0.3 is 9.47 Å². The van der Waals surface area contributed by atoms with Crippen LogP contribution in [0.3, 0.4) is 0 Å². The van der Waals surface area contributed by atoms with E-state index in [4.69, 9.17) is 9.47 Å². The maximum absolute atomic E-state index is 5.91. The monoisotopic (exact) mass is 245 g/mol. The summed E-state index contributed by atoms with van der Waals surface area (Å²) >= 11 is 0. The first kappa shape index (κ1) is 10.8. The summed E-state index contributed by atoms with van der Waals surface area (Å²) in [5, 5.41) is 0. The molecule has 0 amide bonds. The molecule has 0 N–H and O–H groups in total. The third-order valence-corrected chi connectivity index (χ3v) is 4.60. The summed E-state index contributed by atoms with van der Waals surface area (Å²) in [6.45, 7) is 2.95. The van der Waals surface area contributed by atoms with Gasteiger partial charge in [-0.15, -0.1) is 0 Å². The van der Waals surface area contributed by atoms with Crippen molar-refractivity contribution in [2.45, 2.75) is 37.5 Å². The number of hydrogen-bond acceptors (Lipinski definition) is 3. The first-order valence-electron chi connectivity index (χ1n) is 7.00. The lowest BCUT2D eigenvalue weighted by Crippen LogP contribution is -2.46. The summed E-state index contributed by atoms with van der Waals surface area (Å²) < 4.78 is 11.7. The second-order valence-electron chi connectivity index (χ2n) is 5.57. The lowest BCUT2D eigenvalue weighted by atomic mass is 10.0. The zero-order valence-corrected chi connectivity index (χ0v) is 10.5. The lowest BCUT2D eigenvalue weighted by Gasteiger charge is -2.35. The third-order valence-electron chi connectivity index (χ3n) is 4.60. The van der Waals surface area contributed by atoms with E-state index in [1.165, 1.54) is 24.9 Å². The van der Waals surface area contributed by atoms with Crippen LogP contribution in [0.25, 0.3) is 0 Å². The number of hydrogen-bond donors (Lipinski definition) is 0. The normalized spacial score (nSPS) is 35.0. The first-order valence-corrected chi connectivity index (χ1v) is 7.00. The molecule has 1 aromatic rings. The van der Waals surface area contributed by atoms with E-state index in [0.29, 0.717) is 18.2 Å². The number of fused-ring (bicyclic) bond motifs is 2. The molecule has 0 spiro atoms. The average Bonchev–Trinajstić information content (AvgIpc) is 3.00. The van der Waals surface area contributed by atoms with Crippen LogP contribution >= 0.6 is 0 Å². The Labute approximate surface area is 108 Å². The van der Waals surface area contributed by atoms with Crippen molar-refractivity contribution in [3.8, 4) is 5.75 Å². The van der Waals surface area contributed by atoms with Crippen molar-refractivity contribution in [3.05, 3.63) is 29.8 Å². The van der Waals surface area contributed by atoms with Gasteiger partial charge in [0.25, 0.3) is 0 Å². The minimum Gasteiger partial charge on any atom is -0.492 e. The minimum atomic E-state index is 0.488. The van der Waals surface area contributed by atoms with Crippen molar-refractivity contribution < 1.29 is 9.47 Å². The molecular weight excluding hydrogens is 226 g/mol. The Morgan fingerprint density at radius 1 is 1.17 bits per heavy atom. The molecule has 3 atom stereocenters. The molecule has 0 radical (unpaired) electrons. The van der Waals surface area contributed by atoms with Gasteiger partial charge in [-0.2, -0.15) is 0 Å². The molecular formula is C15H19NO2. The Balaban J connectivity index is 1.54. The number of likely N-dealkylation sites (tertiary alicyclic amines) is 1. The van der Waals surface area contributed by atoms with Gasteiger partial charge in [0.1, 0.15) is 12.4 Å². The molecule has 3 nitrogen and oxygen atoms in total. The Morgan fingerprint density at radius 2 is 2.11 bits per heavy atom. The van der Waals surface area contributed by atoms with Crippen LogP contribution in [0.2, 0.25) is 0 Å². The summed E-state index contributed by atoms with van der Waals surface area (Å²) in [5.74, 6) is 1.08. The number of ether oxygens (including phenoxy) is 2. The largest absolute Gasteiger partial charge is 0.492 e. The fourth-order valence-corrected chi connectivity index (χ4v) is 3.71. The van der Waals surface area contributed by atoms with E-state index in [2.05, 4.69) is 29.2 Å². The van der Waals surface area contributed by atoms with Crippen LogP contribution < -0.4 is 4.74 Å². The van der Waals surface area contributed by atoms with E-state index in [-0.39, 0.29) is 0 Å². The molecule has 2 saturated heterocycles. The van der Waals surface area contributed by atoms with Crippen molar-refractivity contribution in [1.29, 1.82) is 0 Å². The highest BCUT2D eigenvalue weighted by Gasteiger charge is 2.42. The van der Waals surface area contributed by atoms with E-state index in [9.17, 15) is 0 Å². The van der Waals surface area contributed by atoms with Crippen molar-refractivity contribution in [3.63, 3.8) is 0 Å². The van der Waals surface area contributed by atoms with Crippen LogP contribution in [0.15, 0.2) is 24.3 Å². The van der Waals surface area contributed by atoms with Crippen LogP contribution in [-0.4, -0.2) is 42.8 Å². The molecule has 3 unspecified atom stereocenters. The molecule has 3 aliphatic rings. The molecule has 1 aromatic carbocycles. The van der Waals surface area contributed by atoms with E-state index < -0.39 is 0 Å². The maximum Gasteiger partial charge on any atom is 0.122 e. The molecule has 3 heteroatoms. The lowest BCUT2D eigenvalue weighted by molar-refractivity contribution is 0.0832. The highest BCUT2D eigenvalue weighted by Crippen LogP contribution is 2.34. The number of nitrogens with zero attached hydrogens (tertiary/aromatic N) is 1. The molecule has 2 fully saturated rings. The molecule has 0 aliphatic carbocycles. The predicted molar refractivity (Wildman–Crippen MR) is 68.9 cm³/mol. The predicted octanol–water partition coefficient (Wildman–Crippen LogP) is 1.85. The zero-order chi connectivity index (χ0) is 11.9. The minimum absolute atomic E-state index is 0.488. The Kier molecular flexibility index (Phi) is 2.55. The van der Waals surface area contributed by atoms with Gasteiger partial charge in [-0.3, -0.25) is 4.90 Å². The van der Waals surface area contributed by atoms with Crippen molar-refractivity contribution in [2.75, 3.05) is 19.8 Å². The standard InChI is InChI=1S/C15H19NO2/c1-2-4-14-11(3-1)9-12(10-18-14)16-7-5-15-13(16)6-8-17-15/h1-4,12-13,15H,5-10H2. The van der Waals surface area contributed by atoms with E-state index in [1.807, 2.05) is 0 Å². The van der Waals surface area contributed by atoms with Gasteiger partial charge in [0, 0.05) is 25.2 Å². The molecule has 0 saturated carbocycles. The first-order chi connectivity index (χ1) is 8.92. The number of rotatable bonds is 1. The molecule has 3 aliphatic heterocycles. The molecule has 18 heavy (non-hydrogen) atoms. The fourth-order valence-electron chi connectivity index (χ4n) is 3.71. The SMILES string of the molecule is c1ccc2c(c1)CC(N1CCC3OCCC31)CO2. The van der Waals surface area contributed by atoms with Crippen molar-refractivity contribution >= 4 is 0 Å². The maximum atomic E-state index is 5.91. The van der Waals surface area contributed by atoms with E-state index in [1.54, 1.807) is 0 Å². The molecule has 96 valence electrons. The second-order valence-corrected chi connectivity index (χ2v) is 5.57. The van der Waals surface area contributed by atoms with Gasteiger partial charge >= 0.3 is 0 Å². The Bertz CT molecular complexity index is 448. The van der Waals surface area contributed by atoms with Gasteiger partial charge in [-0.05, 0) is 30.9 Å². The van der Waals surface area contributed by atoms with Gasteiger partial charge in [0.05, 0.1) is 6.10 Å². The third kappa shape index (κ3) is 1.65. The summed E-state index contributed by atoms with van der Waals surface area (Å²) in [5.41, 5.74) is 1.36. The summed E-state index contributed by atoms with van der Waals surface area (Å²) in [4.78, 5) is 2.63. The number of benzene rings is 1. The zero-order valence-electron chi connectivity index (χ0n) is 10.5. The van der Waals surface area contributed by atoms with Gasteiger partial charge in [0.2, 0.25) is 0 Å². The van der Waals surface area contributed by atoms with Crippen LogP contribution in [0.1, 0.15) is 18.4 Å². The highest BCUT2D eigenvalue weighted by molar-refractivity contribution is 5.35. The van der Waals surface area contributed by atoms with Gasteiger partial charge in [-0.25, -0.2) is 0 Å². The van der Waals surface area contributed by atoms with Crippen LogP contribution in [0, 0.1) is 0 Å². The Hall–Kier alpha value is -1.06. The second kappa shape index (κ2) is 4.25.